The lowest BCUT2D eigenvalue weighted by atomic mass is 10.1. The van der Waals surface area contributed by atoms with Crippen LogP contribution >= 0.6 is 0 Å². The zero-order valence-corrected chi connectivity index (χ0v) is 18.6. The molecule has 1 aliphatic rings. The van der Waals surface area contributed by atoms with E-state index in [4.69, 9.17) is 9.47 Å². The van der Waals surface area contributed by atoms with Crippen LogP contribution in [-0.4, -0.2) is 59.6 Å². The molecule has 0 aromatic rings. The van der Waals surface area contributed by atoms with E-state index in [0.717, 1.165) is 25.7 Å². The van der Waals surface area contributed by atoms with Gasteiger partial charge in [-0.05, 0) is 32.1 Å². The Morgan fingerprint density at radius 1 is 0.862 bits per heavy atom. The maximum Gasteiger partial charge on any atom is 0.114 e. The quantitative estimate of drug-likeness (QED) is 0.214. The summed E-state index contributed by atoms with van der Waals surface area (Å²) in [7, 11) is 0. The van der Waals surface area contributed by atoms with Crippen LogP contribution in [0.2, 0.25) is 0 Å². The molecule has 0 aromatic carbocycles. The van der Waals surface area contributed by atoms with Crippen LogP contribution in [0.1, 0.15) is 96.8 Å². The van der Waals surface area contributed by atoms with Crippen LogP contribution in [0.25, 0.3) is 0 Å². The number of aliphatic hydroxyl groups excluding tert-OH is 3. The molecule has 1 rings (SSSR count). The van der Waals surface area contributed by atoms with E-state index in [1.165, 1.54) is 64.2 Å². The van der Waals surface area contributed by atoms with Gasteiger partial charge < -0.3 is 24.8 Å². The molecule has 0 aromatic heterocycles. The van der Waals surface area contributed by atoms with Crippen LogP contribution in [0, 0.1) is 0 Å². The van der Waals surface area contributed by atoms with E-state index in [9.17, 15) is 15.3 Å². The fraction of sp³-hybridized carbons (Fsp3) is 0.917. The molecule has 5 nitrogen and oxygen atoms in total. The van der Waals surface area contributed by atoms with Crippen molar-refractivity contribution in [3.05, 3.63) is 12.2 Å². The number of allylic oxidation sites excluding steroid dienone is 2. The number of unbranched alkanes of at least 4 members (excludes halogenated alkanes) is 12. The lowest BCUT2D eigenvalue weighted by Gasteiger charge is -2.24. The number of rotatable bonds is 19. The van der Waals surface area contributed by atoms with Crippen molar-refractivity contribution < 1.29 is 24.8 Å². The molecule has 0 saturated carbocycles. The first-order valence-corrected chi connectivity index (χ1v) is 12.1. The fourth-order valence-corrected chi connectivity index (χ4v) is 3.79. The topological polar surface area (TPSA) is 79.2 Å². The summed E-state index contributed by atoms with van der Waals surface area (Å²) in [6.07, 6.45) is 19.4. The van der Waals surface area contributed by atoms with Gasteiger partial charge in [0.2, 0.25) is 0 Å². The Morgan fingerprint density at radius 2 is 1.41 bits per heavy atom. The Kier molecular flexibility index (Phi) is 16.8. The average molecular weight is 415 g/mol. The van der Waals surface area contributed by atoms with Gasteiger partial charge in [-0.3, -0.25) is 0 Å². The smallest absolute Gasteiger partial charge is 0.114 e. The molecule has 0 radical (unpaired) electrons. The molecule has 0 bridgehead atoms. The van der Waals surface area contributed by atoms with Gasteiger partial charge in [-0.2, -0.15) is 0 Å². The summed E-state index contributed by atoms with van der Waals surface area (Å²) >= 11 is 0. The summed E-state index contributed by atoms with van der Waals surface area (Å²) in [5.41, 5.74) is 0. The van der Waals surface area contributed by atoms with Crippen molar-refractivity contribution >= 4 is 0 Å². The van der Waals surface area contributed by atoms with Gasteiger partial charge in [0.1, 0.15) is 24.4 Å². The number of hydrogen-bond donors (Lipinski definition) is 3. The second kappa shape index (κ2) is 18.3. The molecule has 3 N–H and O–H groups in total. The van der Waals surface area contributed by atoms with Gasteiger partial charge in [0.05, 0.1) is 13.2 Å². The Labute approximate surface area is 178 Å². The molecule has 172 valence electrons. The van der Waals surface area contributed by atoms with Crippen molar-refractivity contribution in [3.8, 4) is 0 Å². The van der Waals surface area contributed by atoms with Crippen LogP contribution in [0.4, 0.5) is 0 Å². The molecular formula is C24H46O5. The summed E-state index contributed by atoms with van der Waals surface area (Å²) in [4.78, 5) is 0. The van der Waals surface area contributed by atoms with Gasteiger partial charge in [0.15, 0.2) is 0 Å². The molecule has 1 saturated heterocycles. The fourth-order valence-electron chi connectivity index (χ4n) is 3.79. The summed E-state index contributed by atoms with van der Waals surface area (Å²) in [5.74, 6) is 0. The monoisotopic (exact) mass is 414 g/mol. The Balaban J connectivity index is 1.86. The first kappa shape index (κ1) is 26.6. The van der Waals surface area contributed by atoms with Crippen LogP contribution in [-0.2, 0) is 9.47 Å². The number of ether oxygens (including phenoxy) is 2. The second-order valence-electron chi connectivity index (χ2n) is 8.39. The van der Waals surface area contributed by atoms with E-state index in [0.29, 0.717) is 6.61 Å². The molecule has 0 amide bonds. The van der Waals surface area contributed by atoms with E-state index in [1.807, 2.05) is 0 Å². The average Bonchev–Trinajstić information content (AvgIpc) is 3.06. The first-order valence-electron chi connectivity index (χ1n) is 12.1. The molecule has 29 heavy (non-hydrogen) atoms. The molecule has 1 heterocycles. The third kappa shape index (κ3) is 12.7. The Bertz CT molecular complexity index is 387. The predicted molar refractivity (Wildman–Crippen MR) is 118 cm³/mol. The van der Waals surface area contributed by atoms with Gasteiger partial charge in [-0.15, -0.1) is 0 Å². The van der Waals surface area contributed by atoms with Crippen LogP contribution in [0.15, 0.2) is 12.2 Å². The first-order chi connectivity index (χ1) is 14.2. The summed E-state index contributed by atoms with van der Waals surface area (Å²) < 4.78 is 11.0. The minimum atomic E-state index is -0.983. The highest BCUT2D eigenvalue weighted by Crippen LogP contribution is 2.20. The molecular weight excluding hydrogens is 368 g/mol. The van der Waals surface area contributed by atoms with Gasteiger partial charge >= 0.3 is 0 Å². The number of hydrogen-bond acceptors (Lipinski definition) is 5. The van der Waals surface area contributed by atoms with E-state index in [2.05, 4.69) is 19.1 Å². The maximum atomic E-state index is 9.83. The number of aliphatic hydroxyl groups is 3. The molecule has 0 spiro atoms. The van der Waals surface area contributed by atoms with Gasteiger partial charge in [0, 0.05) is 6.61 Å². The summed E-state index contributed by atoms with van der Waals surface area (Å²) in [6.45, 7) is 2.69. The highest BCUT2D eigenvalue weighted by atomic mass is 16.6. The predicted octanol–water partition coefficient (Wildman–Crippen LogP) is 4.52. The minimum absolute atomic E-state index is 0.0943. The second-order valence-corrected chi connectivity index (χ2v) is 8.39. The van der Waals surface area contributed by atoms with Crippen LogP contribution in [0.5, 0.6) is 0 Å². The largest absolute Gasteiger partial charge is 0.394 e. The van der Waals surface area contributed by atoms with Crippen molar-refractivity contribution in [1.29, 1.82) is 0 Å². The highest BCUT2D eigenvalue weighted by Gasteiger charge is 2.40. The SMILES string of the molecule is CCCCCCCCCCC/C=C/CCCCCO[C@H](CO)[C@@H]1OC[C@H](O)[C@@H]1O. The normalized spacial score (nSPS) is 23.2. The Hall–Kier alpha value is -0.460. The van der Waals surface area contributed by atoms with Crippen LogP contribution in [0.3, 0.4) is 0 Å². The molecule has 0 unspecified atom stereocenters. The minimum Gasteiger partial charge on any atom is -0.394 e. The molecule has 4 atom stereocenters. The summed E-state index contributed by atoms with van der Waals surface area (Å²) in [6, 6.07) is 0. The lowest BCUT2D eigenvalue weighted by molar-refractivity contribution is -0.101. The van der Waals surface area contributed by atoms with Crippen molar-refractivity contribution in [2.24, 2.45) is 0 Å². The van der Waals surface area contributed by atoms with Crippen molar-refractivity contribution in [2.75, 3.05) is 19.8 Å². The maximum absolute atomic E-state index is 9.83. The van der Waals surface area contributed by atoms with E-state index in [-0.39, 0.29) is 13.2 Å². The van der Waals surface area contributed by atoms with Gasteiger partial charge in [-0.1, -0.05) is 76.9 Å². The Morgan fingerprint density at radius 3 is 1.93 bits per heavy atom. The molecule has 0 aliphatic carbocycles. The lowest BCUT2D eigenvalue weighted by Crippen LogP contribution is -2.42. The van der Waals surface area contributed by atoms with Gasteiger partial charge in [-0.25, -0.2) is 0 Å². The summed E-state index contributed by atoms with van der Waals surface area (Å²) in [5, 5.41) is 28.8. The zero-order chi connectivity index (χ0) is 21.2. The zero-order valence-electron chi connectivity index (χ0n) is 18.6. The van der Waals surface area contributed by atoms with Crippen molar-refractivity contribution in [2.45, 2.75) is 121 Å². The molecule has 5 heteroatoms. The third-order valence-corrected chi connectivity index (χ3v) is 5.72. The molecule has 1 fully saturated rings. The van der Waals surface area contributed by atoms with E-state index >= 15 is 0 Å². The van der Waals surface area contributed by atoms with Gasteiger partial charge in [0.25, 0.3) is 0 Å². The van der Waals surface area contributed by atoms with Crippen molar-refractivity contribution in [1.82, 2.24) is 0 Å². The molecule has 1 aliphatic heterocycles. The van der Waals surface area contributed by atoms with E-state index < -0.39 is 24.4 Å². The van der Waals surface area contributed by atoms with Crippen molar-refractivity contribution in [3.63, 3.8) is 0 Å². The van der Waals surface area contributed by atoms with Crippen LogP contribution < -0.4 is 0 Å². The third-order valence-electron chi connectivity index (χ3n) is 5.72. The standard InChI is InChI=1S/C24H46O5/c1-2-3-4-5-6-7-8-9-10-11-12-13-14-15-16-17-18-28-22(19-25)24-23(27)21(26)20-29-24/h12-13,21-27H,2-11,14-20H2,1H3/b13-12+/t21-,22+,23-,24-/m0/s1. The highest BCUT2D eigenvalue weighted by molar-refractivity contribution is 4.88. The van der Waals surface area contributed by atoms with E-state index in [1.54, 1.807) is 0 Å².